The lowest BCUT2D eigenvalue weighted by molar-refractivity contribution is 0.204. The molecule has 3 aromatic heterocycles. The minimum atomic E-state index is -0.0718. The fourth-order valence-electron chi connectivity index (χ4n) is 3.86. The van der Waals surface area contributed by atoms with Crippen molar-refractivity contribution in [1.29, 1.82) is 0 Å². The summed E-state index contributed by atoms with van der Waals surface area (Å²) in [6.45, 7) is 5.01. The van der Waals surface area contributed by atoms with Gasteiger partial charge in [-0.15, -0.1) is 0 Å². The average Bonchev–Trinajstić information content (AvgIpc) is 2.91. The molecule has 5 rings (SSSR count). The Morgan fingerprint density at radius 1 is 0.917 bits per heavy atom. The van der Waals surface area contributed by atoms with Crippen molar-refractivity contribution in [2.75, 3.05) is 36.8 Å². The number of amides is 2. The average molecular weight is 482 g/mol. The molecule has 4 heterocycles. The van der Waals surface area contributed by atoms with Crippen LogP contribution in [0.1, 0.15) is 17.1 Å². The Bertz CT molecular complexity index is 1340. The van der Waals surface area contributed by atoms with Gasteiger partial charge in [-0.2, -0.15) is 0 Å². The lowest BCUT2D eigenvalue weighted by atomic mass is 10.1. The Morgan fingerprint density at radius 2 is 1.67 bits per heavy atom. The molecule has 0 unspecified atom stereocenters. The Hall–Kier alpha value is -4.44. The van der Waals surface area contributed by atoms with E-state index >= 15 is 0 Å². The Kier molecular flexibility index (Phi) is 7.04. The van der Waals surface area contributed by atoms with Crippen molar-refractivity contribution in [2.24, 2.45) is 0 Å². The lowest BCUT2D eigenvalue weighted by Crippen LogP contribution is -2.48. The first-order chi connectivity index (χ1) is 17.6. The maximum absolute atomic E-state index is 12.4. The van der Waals surface area contributed by atoms with Crippen LogP contribution in [0.15, 0.2) is 67.0 Å². The van der Waals surface area contributed by atoms with E-state index in [4.69, 9.17) is 0 Å². The maximum atomic E-state index is 12.4. The first-order valence-corrected chi connectivity index (χ1v) is 11.8. The van der Waals surface area contributed by atoms with E-state index in [2.05, 4.69) is 40.9 Å². The Labute approximate surface area is 209 Å². The SMILES string of the molecule is Cc1cccc(-c2nccc(Nc3ccnc(Cc4ccc(NC(=O)N5CCNCC5)cc4)n3)n2)n1. The lowest BCUT2D eigenvalue weighted by Gasteiger charge is -2.27. The van der Waals surface area contributed by atoms with E-state index in [9.17, 15) is 4.79 Å². The second-order valence-corrected chi connectivity index (χ2v) is 8.45. The molecule has 2 amide bonds. The van der Waals surface area contributed by atoms with Gasteiger partial charge in [0, 0.05) is 56.4 Å². The van der Waals surface area contributed by atoms with Crippen LogP contribution >= 0.6 is 0 Å². The highest BCUT2D eigenvalue weighted by atomic mass is 16.2. The maximum Gasteiger partial charge on any atom is 0.321 e. The van der Waals surface area contributed by atoms with Crippen LogP contribution in [0, 0.1) is 6.92 Å². The number of hydrogen-bond donors (Lipinski definition) is 3. The van der Waals surface area contributed by atoms with Gasteiger partial charge in [-0.3, -0.25) is 0 Å². The predicted octanol–water partition coefficient (Wildman–Crippen LogP) is 3.41. The molecule has 0 spiro atoms. The molecule has 0 aliphatic carbocycles. The van der Waals surface area contributed by atoms with E-state index in [1.54, 1.807) is 24.5 Å². The third kappa shape index (κ3) is 5.97. The second kappa shape index (κ2) is 10.9. The second-order valence-electron chi connectivity index (χ2n) is 8.45. The zero-order chi connectivity index (χ0) is 24.7. The smallest absolute Gasteiger partial charge is 0.321 e. The molecule has 182 valence electrons. The van der Waals surface area contributed by atoms with Crippen LogP contribution in [0.3, 0.4) is 0 Å². The zero-order valence-electron chi connectivity index (χ0n) is 20.0. The highest BCUT2D eigenvalue weighted by Crippen LogP contribution is 2.18. The van der Waals surface area contributed by atoms with Crippen molar-refractivity contribution in [3.05, 3.63) is 84.1 Å². The largest absolute Gasteiger partial charge is 0.325 e. The van der Waals surface area contributed by atoms with Gasteiger partial charge in [0.1, 0.15) is 23.2 Å². The number of pyridine rings is 1. The standard InChI is InChI=1S/C26H27N9O/c1-18-3-2-4-21(30-18)25-29-12-10-23(34-25)32-22-9-11-28-24(33-22)17-19-5-7-20(8-6-19)31-26(36)35-15-13-27-14-16-35/h2-12,27H,13-17H2,1H3,(H,31,36)(H,28,29,32,33,34). The number of urea groups is 1. The Balaban J connectivity index is 1.22. The molecular formula is C26H27N9O. The molecular weight excluding hydrogens is 454 g/mol. The van der Waals surface area contributed by atoms with Crippen LogP contribution in [0.25, 0.3) is 11.5 Å². The number of aromatic nitrogens is 5. The van der Waals surface area contributed by atoms with Gasteiger partial charge < -0.3 is 20.9 Å². The molecule has 3 N–H and O–H groups in total. The van der Waals surface area contributed by atoms with Crippen LogP contribution in [-0.2, 0) is 6.42 Å². The Morgan fingerprint density at radius 3 is 2.44 bits per heavy atom. The normalized spacial score (nSPS) is 13.3. The summed E-state index contributed by atoms with van der Waals surface area (Å²) in [6.07, 6.45) is 3.97. The van der Waals surface area contributed by atoms with Crippen LogP contribution in [0.4, 0.5) is 22.1 Å². The molecule has 0 saturated carbocycles. The van der Waals surface area contributed by atoms with Crippen molar-refractivity contribution < 1.29 is 4.79 Å². The number of nitrogens with one attached hydrogen (secondary N) is 3. The topological polar surface area (TPSA) is 121 Å². The number of benzene rings is 1. The predicted molar refractivity (Wildman–Crippen MR) is 138 cm³/mol. The van der Waals surface area contributed by atoms with E-state index in [0.29, 0.717) is 42.8 Å². The van der Waals surface area contributed by atoms with E-state index in [1.807, 2.05) is 54.3 Å². The highest BCUT2D eigenvalue weighted by molar-refractivity contribution is 5.89. The molecule has 1 saturated heterocycles. The first kappa shape index (κ1) is 23.3. The van der Waals surface area contributed by atoms with Gasteiger partial charge in [0.05, 0.1) is 0 Å². The number of rotatable bonds is 6. The number of hydrogen-bond acceptors (Lipinski definition) is 8. The summed E-state index contributed by atoms with van der Waals surface area (Å²) in [7, 11) is 0. The fraction of sp³-hybridized carbons (Fsp3) is 0.231. The quantitative estimate of drug-likeness (QED) is 0.383. The highest BCUT2D eigenvalue weighted by Gasteiger charge is 2.16. The van der Waals surface area contributed by atoms with Gasteiger partial charge in [-0.25, -0.2) is 29.7 Å². The molecule has 4 aromatic rings. The molecule has 0 bridgehead atoms. The van der Waals surface area contributed by atoms with Crippen LogP contribution in [0.5, 0.6) is 0 Å². The number of piperazine rings is 1. The summed E-state index contributed by atoms with van der Waals surface area (Å²) in [5, 5.41) is 9.44. The van der Waals surface area contributed by atoms with E-state index in [1.165, 1.54) is 0 Å². The van der Waals surface area contributed by atoms with Crippen molar-refractivity contribution in [3.8, 4) is 11.5 Å². The van der Waals surface area contributed by atoms with Crippen molar-refractivity contribution in [3.63, 3.8) is 0 Å². The summed E-state index contributed by atoms with van der Waals surface area (Å²) in [6, 6.07) is 17.0. The van der Waals surface area contributed by atoms with Gasteiger partial charge >= 0.3 is 6.03 Å². The molecule has 1 aromatic carbocycles. The van der Waals surface area contributed by atoms with E-state index in [0.717, 1.165) is 35.7 Å². The van der Waals surface area contributed by atoms with Gasteiger partial charge in [-0.05, 0) is 48.9 Å². The van der Waals surface area contributed by atoms with Crippen molar-refractivity contribution in [2.45, 2.75) is 13.3 Å². The summed E-state index contributed by atoms with van der Waals surface area (Å²) in [5.41, 5.74) is 3.43. The molecule has 10 nitrogen and oxygen atoms in total. The summed E-state index contributed by atoms with van der Waals surface area (Å²) in [5.74, 6) is 2.48. The van der Waals surface area contributed by atoms with Crippen LogP contribution in [0.2, 0.25) is 0 Å². The minimum Gasteiger partial charge on any atom is -0.325 e. The first-order valence-electron chi connectivity index (χ1n) is 11.8. The monoisotopic (exact) mass is 481 g/mol. The minimum absolute atomic E-state index is 0.0718. The fourth-order valence-corrected chi connectivity index (χ4v) is 3.86. The van der Waals surface area contributed by atoms with Crippen molar-refractivity contribution >= 4 is 23.4 Å². The van der Waals surface area contributed by atoms with Gasteiger partial charge in [0.25, 0.3) is 0 Å². The molecule has 0 atom stereocenters. The van der Waals surface area contributed by atoms with Crippen molar-refractivity contribution in [1.82, 2.24) is 35.1 Å². The summed E-state index contributed by atoms with van der Waals surface area (Å²) < 4.78 is 0. The number of carbonyl (C=O) groups excluding carboxylic acids is 1. The van der Waals surface area contributed by atoms with E-state index in [-0.39, 0.29) is 6.03 Å². The molecule has 10 heteroatoms. The zero-order valence-corrected chi connectivity index (χ0v) is 20.0. The van der Waals surface area contributed by atoms with Crippen LogP contribution in [-0.4, -0.2) is 62.0 Å². The van der Waals surface area contributed by atoms with Gasteiger partial charge in [0.15, 0.2) is 5.82 Å². The van der Waals surface area contributed by atoms with E-state index < -0.39 is 0 Å². The third-order valence-electron chi connectivity index (χ3n) is 5.71. The van der Waals surface area contributed by atoms with Gasteiger partial charge in [-0.1, -0.05) is 18.2 Å². The third-order valence-corrected chi connectivity index (χ3v) is 5.71. The number of aryl methyl sites for hydroxylation is 1. The van der Waals surface area contributed by atoms with Gasteiger partial charge in [0.2, 0.25) is 0 Å². The molecule has 1 aliphatic heterocycles. The molecule has 36 heavy (non-hydrogen) atoms. The number of carbonyl (C=O) groups is 1. The molecule has 0 radical (unpaired) electrons. The van der Waals surface area contributed by atoms with Crippen LogP contribution < -0.4 is 16.0 Å². The summed E-state index contributed by atoms with van der Waals surface area (Å²) >= 11 is 0. The molecule has 1 aliphatic rings. The molecule has 1 fully saturated rings. The number of nitrogens with zero attached hydrogens (tertiary/aromatic N) is 6. The number of anilines is 3. The summed E-state index contributed by atoms with van der Waals surface area (Å²) in [4.78, 5) is 36.7.